The minimum absolute atomic E-state index is 0.125. The molecule has 3 rings (SSSR count). The Hall–Kier alpha value is -2.21. The lowest BCUT2D eigenvalue weighted by atomic mass is 10.1. The van der Waals surface area contributed by atoms with Gasteiger partial charge in [-0.2, -0.15) is 0 Å². The molecule has 0 bridgehead atoms. The molecule has 0 aliphatic carbocycles. The van der Waals surface area contributed by atoms with Gasteiger partial charge in [-0.1, -0.05) is 0 Å². The molecule has 21 heavy (non-hydrogen) atoms. The largest absolute Gasteiger partial charge is 0.443 e. The van der Waals surface area contributed by atoms with E-state index in [0.717, 1.165) is 25.1 Å². The normalized spacial score (nSPS) is 22.3. The van der Waals surface area contributed by atoms with Gasteiger partial charge >= 0.3 is 0 Å². The third kappa shape index (κ3) is 2.80. The number of aldehydes is 1. The molecule has 0 spiro atoms. The van der Waals surface area contributed by atoms with Crippen molar-refractivity contribution in [2.75, 3.05) is 18.0 Å². The van der Waals surface area contributed by atoms with Crippen LogP contribution < -0.4 is 4.90 Å². The Balaban J connectivity index is 1.94. The number of hydrogen-bond donors (Lipinski definition) is 0. The average molecular weight is 287 g/mol. The highest BCUT2D eigenvalue weighted by molar-refractivity contribution is 5.83. The second-order valence-corrected chi connectivity index (χ2v) is 5.22. The molecule has 1 fully saturated rings. The number of aromatic nitrogens is 2. The van der Waals surface area contributed by atoms with Crippen LogP contribution in [0, 0.1) is 0 Å². The maximum Gasteiger partial charge on any atom is 0.245 e. The van der Waals surface area contributed by atoms with Gasteiger partial charge in [-0.05, 0) is 26.0 Å². The summed E-state index contributed by atoms with van der Waals surface area (Å²) in [6.45, 7) is 5.53. The van der Waals surface area contributed by atoms with Crippen molar-refractivity contribution in [3.63, 3.8) is 0 Å². The van der Waals surface area contributed by atoms with Crippen LogP contribution in [0.3, 0.4) is 0 Å². The Morgan fingerprint density at radius 2 is 2.05 bits per heavy atom. The molecule has 1 saturated heterocycles. The van der Waals surface area contributed by atoms with Crippen molar-refractivity contribution in [3.05, 3.63) is 30.3 Å². The zero-order valence-corrected chi connectivity index (χ0v) is 12.0. The standard InChI is InChI=1S/C15H17N3O3/c1-10-7-18(8-11(2)21-10)14-4-3-12(17-13(14)9-19)15-16-5-6-20-15/h3-6,9-11H,7-8H2,1-2H3. The van der Waals surface area contributed by atoms with Crippen LogP contribution in [-0.4, -0.2) is 41.6 Å². The van der Waals surface area contributed by atoms with Gasteiger partial charge in [-0.25, -0.2) is 9.97 Å². The van der Waals surface area contributed by atoms with E-state index in [4.69, 9.17) is 9.15 Å². The van der Waals surface area contributed by atoms with E-state index in [1.165, 1.54) is 6.26 Å². The first kappa shape index (κ1) is 13.8. The summed E-state index contributed by atoms with van der Waals surface area (Å²) in [5.74, 6) is 0.411. The second-order valence-electron chi connectivity index (χ2n) is 5.22. The van der Waals surface area contributed by atoms with Crippen LogP contribution in [0.1, 0.15) is 24.3 Å². The van der Waals surface area contributed by atoms with Crippen molar-refractivity contribution >= 4 is 12.0 Å². The Morgan fingerprint density at radius 3 is 2.67 bits per heavy atom. The average Bonchev–Trinajstić information content (AvgIpc) is 2.99. The molecule has 110 valence electrons. The van der Waals surface area contributed by atoms with E-state index in [2.05, 4.69) is 14.9 Å². The number of rotatable bonds is 3. The summed E-state index contributed by atoms with van der Waals surface area (Å²) >= 11 is 0. The number of pyridine rings is 1. The Kier molecular flexibility index (Phi) is 3.70. The van der Waals surface area contributed by atoms with Gasteiger partial charge < -0.3 is 14.1 Å². The predicted molar refractivity (Wildman–Crippen MR) is 77.3 cm³/mol. The molecule has 0 saturated carbocycles. The Labute approximate surface area is 122 Å². The van der Waals surface area contributed by atoms with E-state index < -0.39 is 0 Å². The first-order valence-electron chi connectivity index (χ1n) is 6.94. The molecule has 2 unspecified atom stereocenters. The molecular weight excluding hydrogens is 270 g/mol. The summed E-state index contributed by atoms with van der Waals surface area (Å²) in [5, 5.41) is 0. The molecule has 6 nitrogen and oxygen atoms in total. The molecule has 1 aliphatic heterocycles. The molecule has 0 aromatic carbocycles. The number of anilines is 1. The summed E-state index contributed by atoms with van der Waals surface area (Å²) in [6, 6.07) is 3.71. The van der Waals surface area contributed by atoms with Gasteiger partial charge in [-0.3, -0.25) is 4.79 Å². The lowest BCUT2D eigenvalue weighted by Crippen LogP contribution is -2.45. The smallest absolute Gasteiger partial charge is 0.245 e. The van der Waals surface area contributed by atoms with Gasteiger partial charge in [0.05, 0.1) is 24.1 Å². The summed E-state index contributed by atoms with van der Waals surface area (Å²) in [5.41, 5.74) is 1.77. The number of nitrogens with zero attached hydrogens (tertiary/aromatic N) is 3. The van der Waals surface area contributed by atoms with Crippen molar-refractivity contribution in [1.82, 2.24) is 9.97 Å². The van der Waals surface area contributed by atoms with E-state index in [1.54, 1.807) is 6.20 Å². The maximum absolute atomic E-state index is 11.4. The molecule has 0 radical (unpaired) electrons. The number of hydrogen-bond acceptors (Lipinski definition) is 6. The van der Waals surface area contributed by atoms with E-state index in [0.29, 0.717) is 17.3 Å². The van der Waals surface area contributed by atoms with Crippen LogP contribution in [0.5, 0.6) is 0 Å². The molecular formula is C15H17N3O3. The van der Waals surface area contributed by atoms with Crippen molar-refractivity contribution in [2.45, 2.75) is 26.1 Å². The number of carbonyl (C=O) groups excluding carboxylic acids is 1. The fourth-order valence-electron chi connectivity index (χ4n) is 2.67. The predicted octanol–water partition coefficient (Wildman–Crippen LogP) is 2.16. The van der Waals surface area contributed by atoms with Gasteiger partial charge in [0, 0.05) is 13.1 Å². The Bertz CT molecular complexity index is 617. The first-order chi connectivity index (χ1) is 10.2. The topological polar surface area (TPSA) is 68.5 Å². The first-order valence-corrected chi connectivity index (χ1v) is 6.94. The SMILES string of the molecule is CC1CN(c2ccc(-c3ncco3)nc2C=O)CC(C)O1. The number of ether oxygens (including phenoxy) is 1. The van der Waals surface area contributed by atoms with Gasteiger partial charge in [0.1, 0.15) is 17.7 Å². The quantitative estimate of drug-likeness (QED) is 0.806. The van der Waals surface area contributed by atoms with Gasteiger partial charge in [-0.15, -0.1) is 0 Å². The van der Waals surface area contributed by atoms with Gasteiger partial charge in [0.2, 0.25) is 5.89 Å². The van der Waals surface area contributed by atoms with Crippen molar-refractivity contribution < 1.29 is 13.9 Å². The Morgan fingerprint density at radius 1 is 1.29 bits per heavy atom. The van der Waals surface area contributed by atoms with E-state index in [9.17, 15) is 4.79 Å². The summed E-state index contributed by atoms with van der Waals surface area (Å²) in [4.78, 5) is 21.9. The molecule has 6 heteroatoms. The van der Waals surface area contributed by atoms with Crippen LogP contribution in [0.4, 0.5) is 5.69 Å². The minimum atomic E-state index is 0.125. The van der Waals surface area contributed by atoms with E-state index in [-0.39, 0.29) is 12.2 Å². The zero-order chi connectivity index (χ0) is 14.8. The van der Waals surface area contributed by atoms with Gasteiger partial charge in [0.25, 0.3) is 0 Å². The second kappa shape index (κ2) is 5.65. The van der Waals surface area contributed by atoms with Crippen LogP contribution >= 0.6 is 0 Å². The lowest BCUT2D eigenvalue weighted by molar-refractivity contribution is -0.00527. The molecule has 0 N–H and O–H groups in total. The lowest BCUT2D eigenvalue weighted by Gasteiger charge is -2.37. The van der Waals surface area contributed by atoms with Crippen LogP contribution in [0.25, 0.3) is 11.6 Å². The molecule has 0 amide bonds. The molecule has 3 heterocycles. The van der Waals surface area contributed by atoms with Crippen LogP contribution in [0.15, 0.2) is 29.0 Å². The highest BCUT2D eigenvalue weighted by Crippen LogP contribution is 2.25. The number of oxazole rings is 1. The highest BCUT2D eigenvalue weighted by Gasteiger charge is 2.24. The number of carbonyl (C=O) groups is 1. The highest BCUT2D eigenvalue weighted by atomic mass is 16.5. The zero-order valence-electron chi connectivity index (χ0n) is 12.0. The van der Waals surface area contributed by atoms with Crippen LogP contribution in [-0.2, 0) is 4.74 Å². The molecule has 2 atom stereocenters. The van der Waals surface area contributed by atoms with Crippen molar-refractivity contribution in [3.8, 4) is 11.6 Å². The monoisotopic (exact) mass is 287 g/mol. The molecule has 2 aromatic heterocycles. The number of morpholine rings is 1. The summed E-state index contributed by atoms with van der Waals surface area (Å²) in [6.07, 6.45) is 4.06. The third-order valence-electron chi connectivity index (χ3n) is 3.43. The molecule has 1 aliphatic rings. The minimum Gasteiger partial charge on any atom is -0.443 e. The van der Waals surface area contributed by atoms with Crippen molar-refractivity contribution in [1.29, 1.82) is 0 Å². The third-order valence-corrected chi connectivity index (χ3v) is 3.43. The fraction of sp³-hybridized carbons (Fsp3) is 0.400. The van der Waals surface area contributed by atoms with E-state index >= 15 is 0 Å². The fourth-order valence-corrected chi connectivity index (χ4v) is 2.67. The van der Waals surface area contributed by atoms with Crippen molar-refractivity contribution in [2.24, 2.45) is 0 Å². The summed E-state index contributed by atoms with van der Waals surface area (Å²) in [7, 11) is 0. The maximum atomic E-state index is 11.4. The van der Waals surface area contributed by atoms with Crippen LogP contribution in [0.2, 0.25) is 0 Å². The van der Waals surface area contributed by atoms with E-state index in [1.807, 2.05) is 26.0 Å². The summed E-state index contributed by atoms with van der Waals surface area (Å²) < 4.78 is 10.9. The molecule has 2 aromatic rings. The van der Waals surface area contributed by atoms with Gasteiger partial charge in [0.15, 0.2) is 6.29 Å².